The van der Waals surface area contributed by atoms with E-state index in [-0.39, 0.29) is 24.0 Å². The normalized spacial score (nSPS) is 11.1. The predicted octanol–water partition coefficient (Wildman–Crippen LogP) is 4.75. The Morgan fingerprint density at radius 2 is 1.73 bits per heavy atom. The fourth-order valence-electron chi connectivity index (χ4n) is 2.86. The molecule has 7 heteroatoms. The monoisotopic (exact) mass is 543 g/mol. The van der Waals surface area contributed by atoms with Crippen LogP contribution in [-0.4, -0.2) is 39.1 Å². The van der Waals surface area contributed by atoms with Crippen LogP contribution in [0.5, 0.6) is 0 Å². The quantitative estimate of drug-likeness (QED) is 0.141. The average Bonchev–Trinajstić information content (AvgIpc) is 2.74. The average molecular weight is 544 g/mol. The van der Waals surface area contributed by atoms with Crippen LogP contribution in [0, 0.1) is 6.92 Å². The molecule has 166 valence electrons. The minimum absolute atomic E-state index is 0. The Bertz CT molecular complexity index is 787. The van der Waals surface area contributed by atoms with Crippen molar-refractivity contribution in [2.24, 2.45) is 4.99 Å². The summed E-state index contributed by atoms with van der Waals surface area (Å²) in [5, 5.41) is 6.79. The molecule has 0 fully saturated rings. The lowest BCUT2D eigenvalue weighted by Gasteiger charge is -2.14. The van der Waals surface area contributed by atoms with Crippen LogP contribution in [-0.2, 0) is 29.2 Å². The van der Waals surface area contributed by atoms with Gasteiger partial charge >= 0.3 is 0 Å². The number of hydrogen-bond acceptors (Lipinski definition) is 4. The number of aliphatic imine (C=N–C) groups is 1. The van der Waals surface area contributed by atoms with Crippen LogP contribution < -0.4 is 10.6 Å². The van der Waals surface area contributed by atoms with E-state index in [1.54, 1.807) is 18.8 Å². The number of benzene rings is 2. The second kappa shape index (κ2) is 15.5. The number of hydrogen-bond donors (Lipinski definition) is 2. The zero-order valence-corrected chi connectivity index (χ0v) is 21.5. The maximum absolute atomic E-state index is 5.66. The van der Waals surface area contributed by atoms with Crippen molar-refractivity contribution in [2.45, 2.75) is 38.4 Å². The number of aryl methyl sites for hydroxylation is 1. The Balaban J connectivity index is 0.00000450. The van der Waals surface area contributed by atoms with Gasteiger partial charge in [0.2, 0.25) is 0 Å². The van der Waals surface area contributed by atoms with Crippen molar-refractivity contribution in [3.63, 3.8) is 0 Å². The van der Waals surface area contributed by atoms with Gasteiger partial charge in [-0.25, -0.2) is 0 Å². The van der Waals surface area contributed by atoms with Gasteiger partial charge in [0, 0.05) is 31.6 Å². The molecule has 0 atom stereocenters. The van der Waals surface area contributed by atoms with Crippen LogP contribution in [0.3, 0.4) is 0 Å². The van der Waals surface area contributed by atoms with E-state index < -0.39 is 0 Å². The summed E-state index contributed by atoms with van der Waals surface area (Å²) in [6.07, 6.45) is 2.11. The lowest BCUT2D eigenvalue weighted by molar-refractivity contribution is 0.0453. The molecule has 0 bridgehead atoms. The summed E-state index contributed by atoms with van der Waals surface area (Å²) < 4.78 is 10.9. The molecule has 0 spiro atoms. The number of thioether (sulfide) groups is 1. The third-order valence-electron chi connectivity index (χ3n) is 4.41. The van der Waals surface area contributed by atoms with E-state index >= 15 is 0 Å². The molecule has 0 aliphatic heterocycles. The standard InChI is InChI=1S/C23H33N3O2S.HI/c1-5-27-11-12-28-17-20-8-6-7-19(14-20)15-25-23(24-3)26-16-21-10-9-18(2)13-22(21)29-4;/h6-10,13-14H,5,11-12,15-17H2,1-4H3,(H2,24,25,26);1H. The minimum atomic E-state index is 0. The number of halogens is 1. The number of rotatable bonds is 11. The first kappa shape index (κ1) is 26.7. The number of ether oxygens (including phenoxy) is 2. The summed E-state index contributed by atoms with van der Waals surface area (Å²) in [5.41, 5.74) is 4.91. The van der Waals surface area contributed by atoms with Crippen LogP contribution in [0.1, 0.15) is 29.2 Å². The fraction of sp³-hybridized carbons (Fsp3) is 0.435. The molecule has 0 unspecified atom stereocenters. The smallest absolute Gasteiger partial charge is 0.191 e. The van der Waals surface area contributed by atoms with Crippen molar-refractivity contribution >= 4 is 41.7 Å². The third-order valence-corrected chi connectivity index (χ3v) is 5.23. The molecule has 2 aromatic carbocycles. The summed E-state index contributed by atoms with van der Waals surface area (Å²) in [7, 11) is 1.79. The van der Waals surface area contributed by atoms with Gasteiger partial charge < -0.3 is 20.1 Å². The molecule has 30 heavy (non-hydrogen) atoms. The van der Waals surface area contributed by atoms with Crippen LogP contribution in [0.2, 0.25) is 0 Å². The van der Waals surface area contributed by atoms with Crippen LogP contribution in [0.15, 0.2) is 52.4 Å². The van der Waals surface area contributed by atoms with Crippen molar-refractivity contribution in [3.8, 4) is 0 Å². The van der Waals surface area contributed by atoms with Crippen molar-refractivity contribution < 1.29 is 9.47 Å². The van der Waals surface area contributed by atoms with Crippen molar-refractivity contribution in [2.75, 3.05) is 33.1 Å². The maximum Gasteiger partial charge on any atom is 0.191 e. The Hall–Kier alpha value is -1.29. The molecule has 2 rings (SSSR count). The largest absolute Gasteiger partial charge is 0.379 e. The molecule has 0 aromatic heterocycles. The Morgan fingerprint density at radius 3 is 2.47 bits per heavy atom. The molecule has 5 nitrogen and oxygen atoms in total. The van der Waals surface area contributed by atoms with Crippen LogP contribution >= 0.6 is 35.7 Å². The molecule has 0 aliphatic carbocycles. The summed E-state index contributed by atoms with van der Waals surface area (Å²) in [5.74, 6) is 0.788. The third kappa shape index (κ3) is 9.68. The molecule has 0 saturated carbocycles. The minimum Gasteiger partial charge on any atom is -0.379 e. The van der Waals surface area contributed by atoms with Crippen molar-refractivity contribution in [3.05, 3.63) is 64.7 Å². The second-order valence-electron chi connectivity index (χ2n) is 6.66. The highest BCUT2D eigenvalue weighted by molar-refractivity contribution is 14.0. The summed E-state index contributed by atoms with van der Waals surface area (Å²) >= 11 is 1.77. The van der Waals surface area contributed by atoms with Gasteiger partial charge in [0.15, 0.2) is 5.96 Å². The van der Waals surface area contributed by atoms with E-state index in [0.29, 0.717) is 26.4 Å². The van der Waals surface area contributed by atoms with Crippen molar-refractivity contribution in [1.29, 1.82) is 0 Å². The first-order valence-electron chi connectivity index (χ1n) is 9.97. The first-order valence-corrected chi connectivity index (χ1v) is 11.2. The van der Waals surface area contributed by atoms with Gasteiger partial charge in [-0.15, -0.1) is 35.7 Å². The van der Waals surface area contributed by atoms with E-state index in [0.717, 1.165) is 24.7 Å². The number of guanidine groups is 1. The zero-order chi connectivity index (χ0) is 20.9. The lowest BCUT2D eigenvalue weighted by atomic mass is 10.1. The second-order valence-corrected chi connectivity index (χ2v) is 7.51. The maximum atomic E-state index is 5.66. The number of nitrogens with one attached hydrogen (secondary N) is 2. The van der Waals surface area contributed by atoms with Gasteiger partial charge in [-0.1, -0.05) is 36.4 Å². The van der Waals surface area contributed by atoms with E-state index in [1.165, 1.54) is 21.6 Å². The van der Waals surface area contributed by atoms with E-state index in [4.69, 9.17) is 9.47 Å². The first-order chi connectivity index (χ1) is 14.2. The summed E-state index contributed by atoms with van der Waals surface area (Å²) in [6.45, 7) is 8.13. The van der Waals surface area contributed by atoms with Crippen LogP contribution in [0.25, 0.3) is 0 Å². The summed E-state index contributed by atoms with van der Waals surface area (Å²) in [6, 6.07) is 15.0. The highest BCUT2D eigenvalue weighted by atomic mass is 127. The molecular weight excluding hydrogens is 509 g/mol. The number of nitrogens with zero attached hydrogens (tertiary/aromatic N) is 1. The molecular formula is C23H34IN3O2S. The van der Waals surface area contributed by atoms with Gasteiger partial charge in [0.25, 0.3) is 0 Å². The Labute approximate surface area is 202 Å². The van der Waals surface area contributed by atoms with Crippen molar-refractivity contribution in [1.82, 2.24) is 10.6 Å². The Kier molecular flexibility index (Phi) is 13.8. The van der Waals surface area contributed by atoms with Gasteiger partial charge in [0.1, 0.15) is 0 Å². The molecule has 2 N–H and O–H groups in total. The molecule has 0 heterocycles. The molecule has 2 aromatic rings. The van der Waals surface area contributed by atoms with Crippen LogP contribution in [0.4, 0.5) is 0 Å². The SMILES string of the molecule is CCOCCOCc1cccc(CNC(=NC)NCc2ccc(C)cc2SC)c1.I. The Morgan fingerprint density at radius 1 is 1.00 bits per heavy atom. The topological polar surface area (TPSA) is 54.9 Å². The molecule has 0 aliphatic rings. The van der Waals surface area contributed by atoms with Gasteiger partial charge in [-0.3, -0.25) is 4.99 Å². The predicted molar refractivity (Wildman–Crippen MR) is 138 cm³/mol. The fourth-order valence-corrected chi connectivity index (χ4v) is 3.57. The highest BCUT2D eigenvalue weighted by Gasteiger charge is 2.04. The van der Waals surface area contributed by atoms with E-state index in [1.807, 2.05) is 6.92 Å². The molecule has 0 radical (unpaired) electrons. The van der Waals surface area contributed by atoms with Gasteiger partial charge in [-0.05, 0) is 48.4 Å². The van der Waals surface area contributed by atoms with Gasteiger partial charge in [0.05, 0.1) is 19.8 Å². The zero-order valence-electron chi connectivity index (χ0n) is 18.4. The molecule has 0 saturated heterocycles. The molecule has 0 amide bonds. The van der Waals surface area contributed by atoms with E-state index in [2.05, 4.69) is 71.3 Å². The highest BCUT2D eigenvalue weighted by Crippen LogP contribution is 2.21. The van der Waals surface area contributed by atoms with Gasteiger partial charge in [-0.2, -0.15) is 0 Å². The van der Waals surface area contributed by atoms with E-state index in [9.17, 15) is 0 Å². The summed E-state index contributed by atoms with van der Waals surface area (Å²) in [4.78, 5) is 5.64. The lowest BCUT2D eigenvalue weighted by Crippen LogP contribution is -2.36.